The monoisotopic (exact) mass is 611 g/mol. The smallest absolute Gasteiger partial charge is 0.306 e. The van der Waals surface area contributed by atoms with Crippen LogP contribution in [-0.2, 0) is 9.53 Å². The van der Waals surface area contributed by atoms with Crippen LogP contribution in [0, 0.1) is 52.3 Å². The van der Waals surface area contributed by atoms with Crippen molar-refractivity contribution in [1.82, 2.24) is 0 Å². The summed E-state index contributed by atoms with van der Waals surface area (Å²) in [6, 6.07) is 0. The Morgan fingerprint density at radius 2 is 1.48 bits per heavy atom. The Balaban J connectivity index is 1.20. The standard InChI is InChI=1S/C42H74O2/c1-8-9-10-11-12-13-14-15-16-17-18-19-40(43)44-35-26-28-41(6)34(30-35)22-23-36-38-25-24-37(42(38,7)29-27-39(36)41)33(5)21-20-32(4)31(2)3/h22,31-33,35-39H,8-21,23-30H2,1-7H3/t32-,33+,35?,36-,37+,38-,39-,41-,42+/m0/s1. The number of hydrogen-bond donors (Lipinski definition) is 0. The second-order valence-corrected chi connectivity index (χ2v) is 17.4. The first-order valence-corrected chi connectivity index (χ1v) is 20.0. The van der Waals surface area contributed by atoms with E-state index in [-0.39, 0.29) is 12.1 Å². The maximum atomic E-state index is 12.8. The summed E-state index contributed by atoms with van der Waals surface area (Å²) in [4.78, 5) is 12.8. The number of ether oxygens (including phenoxy) is 1. The Hall–Kier alpha value is -0.790. The number of allylic oxidation sites excluding steroid dienone is 1. The van der Waals surface area contributed by atoms with Crippen LogP contribution in [0.4, 0.5) is 0 Å². The molecule has 0 aromatic carbocycles. The van der Waals surface area contributed by atoms with E-state index in [2.05, 4.69) is 54.5 Å². The van der Waals surface area contributed by atoms with Crippen molar-refractivity contribution in [3.63, 3.8) is 0 Å². The fourth-order valence-corrected chi connectivity index (χ4v) is 10.9. The minimum absolute atomic E-state index is 0.0613. The molecule has 0 saturated heterocycles. The molecule has 0 aromatic heterocycles. The summed E-state index contributed by atoms with van der Waals surface area (Å²) in [7, 11) is 0. The lowest BCUT2D eigenvalue weighted by atomic mass is 9.47. The van der Waals surface area contributed by atoms with Gasteiger partial charge in [-0.3, -0.25) is 4.79 Å². The molecule has 0 bridgehead atoms. The summed E-state index contributed by atoms with van der Waals surface area (Å²) in [6.07, 6.45) is 31.0. The molecule has 0 amide bonds. The predicted molar refractivity (Wildman–Crippen MR) is 189 cm³/mol. The van der Waals surface area contributed by atoms with Crippen LogP contribution in [0.3, 0.4) is 0 Å². The third-order valence-electron chi connectivity index (χ3n) is 14.3. The van der Waals surface area contributed by atoms with Gasteiger partial charge in [0.15, 0.2) is 0 Å². The van der Waals surface area contributed by atoms with Crippen molar-refractivity contribution in [2.75, 3.05) is 0 Å². The van der Waals surface area contributed by atoms with Gasteiger partial charge in [-0.05, 0) is 104 Å². The normalized spacial score (nSPS) is 34.5. The maximum Gasteiger partial charge on any atom is 0.306 e. The van der Waals surface area contributed by atoms with E-state index in [1.165, 1.54) is 116 Å². The Morgan fingerprint density at radius 3 is 2.14 bits per heavy atom. The summed E-state index contributed by atoms with van der Waals surface area (Å²) in [6.45, 7) is 17.4. The van der Waals surface area contributed by atoms with Crippen LogP contribution in [0.25, 0.3) is 0 Å². The zero-order valence-corrected chi connectivity index (χ0v) is 30.6. The first-order valence-electron chi connectivity index (χ1n) is 20.0. The van der Waals surface area contributed by atoms with Crippen LogP contribution in [0.2, 0.25) is 0 Å². The number of hydrogen-bond acceptors (Lipinski definition) is 2. The summed E-state index contributed by atoms with van der Waals surface area (Å²) in [5.41, 5.74) is 2.52. The number of esters is 1. The predicted octanol–water partition coefficient (Wildman–Crippen LogP) is 12.9. The minimum Gasteiger partial charge on any atom is -0.462 e. The summed E-state index contributed by atoms with van der Waals surface area (Å²) < 4.78 is 6.11. The molecule has 0 radical (unpaired) electrons. The number of unbranched alkanes of at least 4 members (excludes halogenated alkanes) is 10. The summed E-state index contributed by atoms with van der Waals surface area (Å²) in [5, 5.41) is 0. The van der Waals surface area contributed by atoms with Gasteiger partial charge in [0.2, 0.25) is 0 Å². The van der Waals surface area contributed by atoms with Crippen molar-refractivity contribution in [2.24, 2.45) is 52.3 Å². The molecule has 3 saturated carbocycles. The van der Waals surface area contributed by atoms with Gasteiger partial charge in [-0.2, -0.15) is 0 Å². The molecule has 0 aliphatic heterocycles. The molecule has 254 valence electrons. The second-order valence-electron chi connectivity index (χ2n) is 17.4. The van der Waals surface area contributed by atoms with Crippen molar-refractivity contribution >= 4 is 5.97 Å². The van der Waals surface area contributed by atoms with Gasteiger partial charge in [0.1, 0.15) is 6.10 Å². The number of fused-ring (bicyclic) bond motifs is 5. The van der Waals surface area contributed by atoms with Crippen LogP contribution in [-0.4, -0.2) is 12.1 Å². The molecule has 3 fully saturated rings. The number of rotatable bonds is 18. The van der Waals surface area contributed by atoms with Crippen LogP contribution >= 0.6 is 0 Å². The molecule has 0 N–H and O–H groups in total. The van der Waals surface area contributed by atoms with Crippen LogP contribution in [0.1, 0.15) is 190 Å². The van der Waals surface area contributed by atoms with E-state index in [1.807, 2.05) is 0 Å². The summed E-state index contributed by atoms with van der Waals surface area (Å²) >= 11 is 0. The molecule has 4 rings (SSSR count). The maximum absolute atomic E-state index is 12.8. The fraction of sp³-hybridized carbons (Fsp3) is 0.929. The summed E-state index contributed by atoms with van der Waals surface area (Å²) in [5.74, 6) is 6.11. The van der Waals surface area contributed by atoms with E-state index >= 15 is 0 Å². The lowest BCUT2D eigenvalue weighted by Gasteiger charge is -2.58. The van der Waals surface area contributed by atoms with E-state index in [9.17, 15) is 4.79 Å². The molecule has 2 nitrogen and oxygen atoms in total. The molecule has 44 heavy (non-hydrogen) atoms. The minimum atomic E-state index is 0.0613. The van der Waals surface area contributed by atoms with Crippen LogP contribution < -0.4 is 0 Å². The first-order chi connectivity index (χ1) is 21.1. The van der Waals surface area contributed by atoms with Gasteiger partial charge in [-0.25, -0.2) is 0 Å². The van der Waals surface area contributed by atoms with Gasteiger partial charge in [0.05, 0.1) is 0 Å². The van der Waals surface area contributed by atoms with Crippen LogP contribution in [0.5, 0.6) is 0 Å². The van der Waals surface area contributed by atoms with E-state index < -0.39 is 0 Å². The van der Waals surface area contributed by atoms with Gasteiger partial charge in [-0.15, -0.1) is 0 Å². The van der Waals surface area contributed by atoms with Crippen molar-refractivity contribution in [1.29, 1.82) is 0 Å². The van der Waals surface area contributed by atoms with Crippen molar-refractivity contribution in [2.45, 2.75) is 196 Å². The zero-order chi connectivity index (χ0) is 31.7. The van der Waals surface area contributed by atoms with Crippen molar-refractivity contribution < 1.29 is 9.53 Å². The zero-order valence-electron chi connectivity index (χ0n) is 30.6. The van der Waals surface area contributed by atoms with E-state index in [1.54, 1.807) is 5.57 Å². The highest BCUT2D eigenvalue weighted by atomic mass is 16.5. The van der Waals surface area contributed by atoms with E-state index in [0.717, 1.165) is 60.7 Å². The average Bonchev–Trinajstić information content (AvgIpc) is 3.36. The Bertz CT molecular complexity index is 903. The van der Waals surface area contributed by atoms with Gasteiger partial charge in [0, 0.05) is 12.8 Å². The molecular formula is C42H74O2. The Labute approximate surface area is 274 Å². The molecular weight excluding hydrogens is 536 g/mol. The second kappa shape index (κ2) is 16.9. The number of carbonyl (C=O) groups excluding carboxylic acids is 1. The van der Waals surface area contributed by atoms with Gasteiger partial charge in [0.25, 0.3) is 0 Å². The molecule has 9 atom stereocenters. The molecule has 2 heteroatoms. The van der Waals surface area contributed by atoms with Gasteiger partial charge < -0.3 is 4.74 Å². The SMILES string of the molecule is CCCCCCCCCCCCCC(=O)OC1CC[C@@]2(C)C(=CC[C@H]3[C@@H]4CC[C@H]([C@H](C)CC[C@H](C)C(C)C)[C@@]4(C)CC[C@@H]32)C1. The topological polar surface area (TPSA) is 26.3 Å². The molecule has 0 aromatic rings. The molecule has 4 aliphatic carbocycles. The fourth-order valence-electron chi connectivity index (χ4n) is 10.9. The molecule has 0 spiro atoms. The molecule has 1 unspecified atom stereocenters. The van der Waals surface area contributed by atoms with Crippen LogP contribution in [0.15, 0.2) is 11.6 Å². The van der Waals surface area contributed by atoms with Gasteiger partial charge in [-0.1, -0.05) is 137 Å². The van der Waals surface area contributed by atoms with Gasteiger partial charge >= 0.3 is 5.97 Å². The molecule has 4 aliphatic rings. The van der Waals surface area contributed by atoms with E-state index in [0.29, 0.717) is 17.3 Å². The lowest BCUT2D eigenvalue weighted by Crippen LogP contribution is -2.51. The Morgan fingerprint density at radius 1 is 0.818 bits per heavy atom. The largest absolute Gasteiger partial charge is 0.462 e. The average molecular weight is 611 g/mol. The number of carbonyl (C=O) groups is 1. The van der Waals surface area contributed by atoms with E-state index in [4.69, 9.17) is 4.74 Å². The highest BCUT2D eigenvalue weighted by Gasteiger charge is 2.59. The van der Waals surface area contributed by atoms with Crippen molar-refractivity contribution in [3.8, 4) is 0 Å². The lowest BCUT2D eigenvalue weighted by molar-refractivity contribution is -0.151. The third kappa shape index (κ3) is 8.76. The third-order valence-corrected chi connectivity index (χ3v) is 14.3. The quantitative estimate of drug-likeness (QED) is 0.0876. The highest BCUT2D eigenvalue weighted by Crippen LogP contribution is 2.67. The molecule has 0 heterocycles. The Kier molecular flexibility index (Phi) is 13.8. The van der Waals surface area contributed by atoms with Crippen molar-refractivity contribution in [3.05, 3.63) is 11.6 Å². The highest BCUT2D eigenvalue weighted by molar-refractivity contribution is 5.69. The first kappa shape index (κ1) is 36.1.